The van der Waals surface area contributed by atoms with E-state index in [1.54, 1.807) is 0 Å². The molecule has 2 N–H and O–H groups in total. The van der Waals surface area contributed by atoms with E-state index < -0.39 is 0 Å². The first-order valence-corrected chi connectivity index (χ1v) is 8.07. The van der Waals surface area contributed by atoms with Gasteiger partial charge in [-0.15, -0.1) is 0 Å². The molecule has 2 aliphatic carbocycles. The van der Waals surface area contributed by atoms with E-state index >= 15 is 0 Å². The molecule has 20 heavy (non-hydrogen) atoms. The number of rotatable bonds is 4. The van der Waals surface area contributed by atoms with Crippen molar-refractivity contribution in [3.05, 3.63) is 11.4 Å². The molecule has 2 unspecified atom stereocenters. The monoisotopic (exact) mass is 277 g/mol. The number of hydrogen-bond acceptors (Lipinski definition) is 3. The van der Waals surface area contributed by atoms with Crippen molar-refractivity contribution in [1.29, 1.82) is 0 Å². The van der Waals surface area contributed by atoms with E-state index in [1.165, 1.54) is 37.8 Å². The second-order valence-corrected chi connectivity index (χ2v) is 6.48. The molecule has 0 amide bonds. The van der Waals surface area contributed by atoms with Crippen molar-refractivity contribution >= 4 is 5.69 Å². The van der Waals surface area contributed by atoms with Crippen molar-refractivity contribution in [2.75, 3.05) is 11.9 Å². The zero-order valence-corrected chi connectivity index (χ0v) is 13.0. The van der Waals surface area contributed by atoms with Gasteiger partial charge in [-0.05, 0) is 40.0 Å². The largest absolute Gasteiger partial charge is 0.379 e. The maximum atomic E-state index is 6.02. The zero-order valence-electron chi connectivity index (χ0n) is 13.0. The third-order valence-electron chi connectivity index (χ3n) is 5.38. The molecule has 2 saturated carbocycles. The molecule has 0 saturated heterocycles. The standard InChI is InChI=1S/C16H27N3O/c1-4-20-14-10-13(16(14)8-6-5-7-9-16)17-15-11(2)18-19-12(15)3/h13-14,17H,4-10H2,1-3H3,(H,18,19). The highest BCUT2D eigenvalue weighted by Gasteiger charge is 2.55. The molecule has 0 bridgehead atoms. The van der Waals surface area contributed by atoms with E-state index in [-0.39, 0.29) is 0 Å². The summed E-state index contributed by atoms with van der Waals surface area (Å²) in [7, 11) is 0. The summed E-state index contributed by atoms with van der Waals surface area (Å²) in [6, 6.07) is 0.550. The predicted molar refractivity (Wildman–Crippen MR) is 81.0 cm³/mol. The van der Waals surface area contributed by atoms with Crippen molar-refractivity contribution in [3.63, 3.8) is 0 Å². The number of nitrogens with one attached hydrogen (secondary N) is 2. The van der Waals surface area contributed by atoms with Crippen LogP contribution in [0.2, 0.25) is 0 Å². The van der Waals surface area contributed by atoms with Gasteiger partial charge in [-0.25, -0.2) is 0 Å². The molecule has 1 aromatic rings. The molecule has 0 aliphatic heterocycles. The Hall–Kier alpha value is -1.03. The van der Waals surface area contributed by atoms with Crippen LogP contribution in [0.1, 0.15) is 56.8 Å². The third-order valence-corrected chi connectivity index (χ3v) is 5.38. The van der Waals surface area contributed by atoms with Crippen LogP contribution in [-0.2, 0) is 4.74 Å². The van der Waals surface area contributed by atoms with Crippen molar-refractivity contribution in [3.8, 4) is 0 Å². The molecule has 2 atom stereocenters. The SMILES string of the molecule is CCOC1CC(Nc2c(C)n[nH]c2C)C12CCCCC2. The Morgan fingerprint density at radius 3 is 2.65 bits per heavy atom. The number of nitrogens with zero attached hydrogens (tertiary/aromatic N) is 1. The average molecular weight is 277 g/mol. The maximum Gasteiger partial charge on any atom is 0.0825 e. The second-order valence-electron chi connectivity index (χ2n) is 6.48. The molecule has 112 valence electrons. The number of aromatic nitrogens is 2. The number of hydrogen-bond donors (Lipinski definition) is 2. The zero-order chi connectivity index (χ0) is 14.2. The van der Waals surface area contributed by atoms with Crippen LogP contribution in [0.5, 0.6) is 0 Å². The first-order chi connectivity index (χ1) is 9.67. The van der Waals surface area contributed by atoms with Crippen molar-refractivity contribution < 1.29 is 4.74 Å². The van der Waals surface area contributed by atoms with Gasteiger partial charge >= 0.3 is 0 Å². The second kappa shape index (κ2) is 5.40. The highest BCUT2D eigenvalue weighted by molar-refractivity contribution is 5.53. The summed E-state index contributed by atoms with van der Waals surface area (Å²) < 4.78 is 6.02. The van der Waals surface area contributed by atoms with Crippen molar-refractivity contribution in [2.24, 2.45) is 5.41 Å². The van der Waals surface area contributed by atoms with E-state index in [0.29, 0.717) is 17.6 Å². The summed E-state index contributed by atoms with van der Waals surface area (Å²) in [4.78, 5) is 0. The van der Waals surface area contributed by atoms with Gasteiger partial charge in [0.25, 0.3) is 0 Å². The van der Waals surface area contributed by atoms with Crippen LogP contribution < -0.4 is 5.32 Å². The van der Waals surface area contributed by atoms with E-state index in [2.05, 4.69) is 36.3 Å². The summed E-state index contributed by atoms with van der Waals surface area (Å²) in [5, 5.41) is 11.1. The predicted octanol–water partition coefficient (Wildman–Crippen LogP) is 3.57. The molecular formula is C16H27N3O. The summed E-state index contributed by atoms with van der Waals surface area (Å²) in [5.41, 5.74) is 3.79. The number of ether oxygens (including phenoxy) is 1. The van der Waals surface area contributed by atoms with Crippen LogP contribution in [0.4, 0.5) is 5.69 Å². The number of anilines is 1. The fourth-order valence-electron chi connectivity index (χ4n) is 4.20. The maximum absolute atomic E-state index is 6.02. The van der Waals surface area contributed by atoms with Gasteiger partial charge < -0.3 is 10.1 Å². The minimum atomic E-state index is 0.365. The van der Waals surface area contributed by atoms with E-state index in [9.17, 15) is 0 Å². The quantitative estimate of drug-likeness (QED) is 0.884. The van der Waals surface area contributed by atoms with E-state index in [0.717, 1.165) is 24.4 Å². The molecule has 0 aromatic carbocycles. The Kier molecular flexibility index (Phi) is 3.76. The number of H-pyrrole nitrogens is 1. The molecule has 3 rings (SSSR count). The van der Waals surface area contributed by atoms with Crippen LogP contribution in [0.15, 0.2) is 0 Å². The van der Waals surface area contributed by atoms with Gasteiger partial charge in [-0.2, -0.15) is 5.10 Å². The average Bonchev–Trinajstić information content (AvgIpc) is 2.78. The summed E-state index contributed by atoms with van der Waals surface area (Å²) in [6.07, 6.45) is 8.31. The lowest BCUT2D eigenvalue weighted by Crippen LogP contribution is -2.62. The van der Waals surface area contributed by atoms with Gasteiger partial charge in [0.1, 0.15) is 0 Å². The lowest BCUT2D eigenvalue weighted by atomic mass is 9.55. The molecule has 2 aliphatic rings. The molecular weight excluding hydrogens is 250 g/mol. The Labute approximate surface area is 121 Å². The molecule has 0 radical (unpaired) electrons. The smallest absolute Gasteiger partial charge is 0.0825 e. The first kappa shape index (κ1) is 13.9. The molecule has 1 spiro atoms. The van der Waals surface area contributed by atoms with Crippen LogP contribution in [0.25, 0.3) is 0 Å². The van der Waals surface area contributed by atoms with Gasteiger partial charge in [0.15, 0.2) is 0 Å². The molecule has 1 heterocycles. The fraction of sp³-hybridized carbons (Fsp3) is 0.812. The normalized spacial score (nSPS) is 28.4. The first-order valence-electron chi connectivity index (χ1n) is 8.07. The Bertz CT molecular complexity index is 443. The van der Waals surface area contributed by atoms with Gasteiger partial charge in [-0.3, -0.25) is 5.10 Å². The van der Waals surface area contributed by atoms with Gasteiger partial charge in [0.05, 0.1) is 23.2 Å². The number of aryl methyl sites for hydroxylation is 2. The molecule has 2 fully saturated rings. The lowest BCUT2D eigenvalue weighted by Gasteiger charge is -2.58. The van der Waals surface area contributed by atoms with E-state index in [4.69, 9.17) is 4.74 Å². The van der Waals surface area contributed by atoms with E-state index in [1.807, 2.05) is 0 Å². The van der Waals surface area contributed by atoms with Gasteiger partial charge in [-0.1, -0.05) is 19.3 Å². The van der Waals surface area contributed by atoms with Crippen LogP contribution >= 0.6 is 0 Å². The molecule has 4 heteroatoms. The van der Waals surface area contributed by atoms with Crippen molar-refractivity contribution in [2.45, 2.75) is 71.4 Å². The van der Waals surface area contributed by atoms with Crippen LogP contribution in [0, 0.1) is 19.3 Å². The summed E-state index contributed by atoms with van der Waals surface area (Å²) in [6.45, 7) is 7.11. The Morgan fingerprint density at radius 1 is 1.30 bits per heavy atom. The number of aromatic amines is 1. The van der Waals surface area contributed by atoms with Gasteiger partial charge in [0, 0.05) is 18.1 Å². The van der Waals surface area contributed by atoms with Crippen LogP contribution in [0.3, 0.4) is 0 Å². The van der Waals surface area contributed by atoms with Crippen LogP contribution in [-0.4, -0.2) is 29.0 Å². The fourth-order valence-corrected chi connectivity index (χ4v) is 4.20. The Balaban J connectivity index is 1.76. The minimum Gasteiger partial charge on any atom is -0.379 e. The molecule has 1 aromatic heterocycles. The molecule has 4 nitrogen and oxygen atoms in total. The summed E-state index contributed by atoms with van der Waals surface area (Å²) >= 11 is 0. The Morgan fingerprint density at radius 2 is 2.05 bits per heavy atom. The summed E-state index contributed by atoms with van der Waals surface area (Å²) in [5.74, 6) is 0. The highest BCUT2D eigenvalue weighted by atomic mass is 16.5. The van der Waals surface area contributed by atoms with Crippen molar-refractivity contribution in [1.82, 2.24) is 10.2 Å². The minimum absolute atomic E-state index is 0.365. The highest BCUT2D eigenvalue weighted by Crippen LogP contribution is 2.54. The van der Waals surface area contributed by atoms with Gasteiger partial charge in [0.2, 0.25) is 0 Å². The third kappa shape index (κ3) is 2.14. The lowest BCUT2D eigenvalue weighted by molar-refractivity contribution is -0.134. The topological polar surface area (TPSA) is 49.9 Å².